The maximum absolute atomic E-state index is 5.94. The SMILES string of the molecule is Nc1cccc2c(C=CCCS)cccc12. The molecule has 2 heteroatoms. The van der Waals surface area contributed by atoms with Gasteiger partial charge in [0.25, 0.3) is 0 Å². The van der Waals surface area contributed by atoms with Gasteiger partial charge in [-0.2, -0.15) is 12.6 Å². The van der Waals surface area contributed by atoms with Gasteiger partial charge in [0.15, 0.2) is 0 Å². The Balaban J connectivity index is 2.50. The Labute approximate surface area is 101 Å². The first kappa shape index (κ1) is 11.1. The molecule has 0 radical (unpaired) electrons. The summed E-state index contributed by atoms with van der Waals surface area (Å²) in [7, 11) is 0. The van der Waals surface area contributed by atoms with E-state index < -0.39 is 0 Å². The van der Waals surface area contributed by atoms with Crippen LogP contribution in [0.5, 0.6) is 0 Å². The molecule has 0 saturated heterocycles. The lowest BCUT2D eigenvalue weighted by molar-refractivity contribution is 1.26. The molecule has 0 bridgehead atoms. The van der Waals surface area contributed by atoms with E-state index in [0.29, 0.717) is 0 Å². The standard InChI is InChI=1S/C14H15NS/c15-14-9-4-7-12-11(5-1-2-10-16)6-3-8-13(12)14/h1,3-9,16H,2,10,15H2. The van der Waals surface area contributed by atoms with Crippen LogP contribution in [0.4, 0.5) is 5.69 Å². The van der Waals surface area contributed by atoms with Gasteiger partial charge in [0, 0.05) is 11.1 Å². The Morgan fingerprint density at radius 3 is 2.62 bits per heavy atom. The second-order valence-corrected chi connectivity index (χ2v) is 4.15. The summed E-state index contributed by atoms with van der Waals surface area (Å²) in [5.74, 6) is 0.878. The first-order valence-corrected chi connectivity index (χ1v) is 6.01. The summed E-state index contributed by atoms with van der Waals surface area (Å²) in [4.78, 5) is 0. The first-order valence-electron chi connectivity index (χ1n) is 5.37. The van der Waals surface area contributed by atoms with Crippen LogP contribution in [0.25, 0.3) is 16.8 Å². The van der Waals surface area contributed by atoms with Gasteiger partial charge in [-0.3, -0.25) is 0 Å². The van der Waals surface area contributed by atoms with Crippen molar-refractivity contribution in [1.82, 2.24) is 0 Å². The molecule has 2 rings (SSSR count). The number of rotatable bonds is 3. The number of fused-ring (bicyclic) bond motifs is 1. The summed E-state index contributed by atoms with van der Waals surface area (Å²) in [6.07, 6.45) is 5.27. The molecule has 2 aromatic rings. The highest BCUT2D eigenvalue weighted by Crippen LogP contribution is 2.24. The Morgan fingerprint density at radius 2 is 1.81 bits per heavy atom. The molecular formula is C14H15NS. The summed E-state index contributed by atoms with van der Waals surface area (Å²) in [6.45, 7) is 0. The van der Waals surface area contributed by atoms with Crippen molar-refractivity contribution in [3.63, 3.8) is 0 Å². The average Bonchev–Trinajstić information content (AvgIpc) is 2.31. The molecule has 82 valence electrons. The van der Waals surface area contributed by atoms with Crippen LogP contribution in [0.2, 0.25) is 0 Å². The van der Waals surface area contributed by atoms with Gasteiger partial charge in [-0.15, -0.1) is 0 Å². The van der Waals surface area contributed by atoms with Crippen LogP contribution >= 0.6 is 12.6 Å². The van der Waals surface area contributed by atoms with E-state index in [4.69, 9.17) is 5.73 Å². The lowest BCUT2D eigenvalue weighted by atomic mass is 10.0. The Bertz CT molecular complexity index is 517. The molecule has 2 aromatic carbocycles. The number of hydrogen-bond acceptors (Lipinski definition) is 2. The monoisotopic (exact) mass is 229 g/mol. The molecule has 0 aliphatic heterocycles. The predicted octanol–water partition coefficient (Wildman–Crippen LogP) is 3.76. The highest BCUT2D eigenvalue weighted by Gasteiger charge is 1.99. The fourth-order valence-corrected chi connectivity index (χ4v) is 1.94. The van der Waals surface area contributed by atoms with E-state index in [9.17, 15) is 0 Å². The van der Waals surface area contributed by atoms with Gasteiger partial charge in [-0.1, -0.05) is 42.5 Å². The number of hydrogen-bond donors (Lipinski definition) is 2. The molecule has 0 aliphatic rings. The topological polar surface area (TPSA) is 26.0 Å². The van der Waals surface area contributed by atoms with Gasteiger partial charge in [0.2, 0.25) is 0 Å². The van der Waals surface area contributed by atoms with Crippen LogP contribution in [0, 0.1) is 0 Å². The molecule has 0 fully saturated rings. The largest absolute Gasteiger partial charge is 0.398 e. The van der Waals surface area contributed by atoms with Crippen molar-refractivity contribution in [1.29, 1.82) is 0 Å². The molecule has 0 spiro atoms. The second-order valence-electron chi connectivity index (χ2n) is 3.70. The fraction of sp³-hybridized carbons (Fsp3) is 0.143. The van der Waals surface area contributed by atoms with Crippen LogP contribution in [0.3, 0.4) is 0 Å². The molecule has 0 aliphatic carbocycles. The number of nitrogens with two attached hydrogens (primary N) is 1. The lowest BCUT2D eigenvalue weighted by Crippen LogP contribution is -1.87. The quantitative estimate of drug-likeness (QED) is 0.608. The molecular weight excluding hydrogens is 214 g/mol. The Morgan fingerprint density at radius 1 is 1.06 bits per heavy atom. The van der Waals surface area contributed by atoms with Crippen LogP contribution in [-0.4, -0.2) is 5.75 Å². The predicted molar refractivity (Wildman–Crippen MR) is 75.9 cm³/mol. The summed E-state index contributed by atoms with van der Waals surface area (Å²) < 4.78 is 0. The normalized spacial score (nSPS) is 11.3. The van der Waals surface area contributed by atoms with Crippen molar-refractivity contribution in [2.45, 2.75) is 6.42 Å². The van der Waals surface area contributed by atoms with Crippen molar-refractivity contribution in [3.05, 3.63) is 48.0 Å². The van der Waals surface area contributed by atoms with E-state index in [1.165, 1.54) is 10.9 Å². The van der Waals surface area contributed by atoms with Crippen molar-refractivity contribution in [2.24, 2.45) is 0 Å². The number of allylic oxidation sites excluding steroid dienone is 1. The van der Waals surface area contributed by atoms with Gasteiger partial charge in [-0.25, -0.2) is 0 Å². The zero-order valence-corrected chi connectivity index (χ0v) is 9.95. The average molecular weight is 229 g/mol. The van der Waals surface area contributed by atoms with Crippen LogP contribution in [0.1, 0.15) is 12.0 Å². The summed E-state index contributed by atoms with van der Waals surface area (Å²) in [5.41, 5.74) is 7.99. The molecule has 0 unspecified atom stereocenters. The van der Waals surface area contributed by atoms with E-state index in [-0.39, 0.29) is 0 Å². The van der Waals surface area contributed by atoms with Gasteiger partial charge < -0.3 is 5.73 Å². The first-order chi connectivity index (χ1) is 7.83. The summed E-state index contributed by atoms with van der Waals surface area (Å²) in [6, 6.07) is 12.2. The molecule has 1 nitrogen and oxygen atoms in total. The third kappa shape index (κ3) is 2.22. The van der Waals surface area contributed by atoms with Crippen molar-refractivity contribution in [2.75, 3.05) is 11.5 Å². The van der Waals surface area contributed by atoms with E-state index in [1.54, 1.807) is 0 Å². The summed E-state index contributed by atoms with van der Waals surface area (Å²) >= 11 is 4.19. The fourth-order valence-electron chi connectivity index (χ4n) is 1.79. The highest BCUT2D eigenvalue weighted by atomic mass is 32.1. The minimum Gasteiger partial charge on any atom is -0.398 e. The minimum atomic E-state index is 0.835. The second kappa shape index (κ2) is 5.08. The van der Waals surface area contributed by atoms with Gasteiger partial charge in [0.05, 0.1) is 0 Å². The maximum atomic E-state index is 5.94. The maximum Gasteiger partial charge on any atom is 0.0393 e. The zero-order valence-electron chi connectivity index (χ0n) is 9.06. The van der Waals surface area contributed by atoms with Gasteiger partial charge in [-0.05, 0) is 29.2 Å². The highest BCUT2D eigenvalue weighted by molar-refractivity contribution is 7.80. The molecule has 0 amide bonds. The number of benzene rings is 2. The van der Waals surface area contributed by atoms with E-state index >= 15 is 0 Å². The van der Waals surface area contributed by atoms with Gasteiger partial charge >= 0.3 is 0 Å². The van der Waals surface area contributed by atoms with Crippen LogP contribution in [-0.2, 0) is 0 Å². The zero-order chi connectivity index (χ0) is 11.4. The van der Waals surface area contributed by atoms with Crippen molar-refractivity contribution < 1.29 is 0 Å². The molecule has 0 heterocycles. The van der Waals surface area contributed by atoms with E-state index in [1.807, 2.05) is 18.2 Å². The molecule has 0 saturated carbocycles. The van der Waals surface area contributed by atoms with Gasteiger partial charge in [0.1, 0.15) is 0 Å². The summed E-state index contributed by atoms with van der Waals surface area (Å²) in [5, 5.41) is 2.33. The van der Waals surface area contributed by atoms with Crippen LogP contribution in [0.15, 0.2) is 42.5 Å². The van der Waals surface area contributed by atoms with E-state index in [0.717, 1.165) is 23.2 Å². The number of thiol groups is 1. The third-order valence-corrected chi connectivity index (χ3v) is 2.84. The molecule has 16 heavy (non-hydrogen) atoms. The molecule has 0 atom stereocenters. The smallest absolute Gasteiger partial charge is 0.0393 e. The van der Waals surface area contributed by atoms with E-state index in [2.05, 4.69) is 43.0 Å². The number of nitrogen functional groups attached to an aromatic ring is 1. The van der Waals surface area contributed by atoms with Crippen LogP contribution < -0.4 is 5.73 Å². The number of anilines is 1. The minimum absolute atomic E-state index is 0.835. The molecule has 0 aromatic heterocycles. The van der Waals surface area contributed by atoms with Crippen molar-refractivity contribution >= 4 is 35.2 Å². The third-order valence-electron chi connectivity index (χ3n) is 2.58. The van der Waals surface area contributed by atoms with Crippen molar-refractivity contribution in [3.8, 4) is 0 Å². The Hall–Kier alpha value is -1.41. The lowest BCUT2D eigenvalue weighted by Gasteiger charge is -2.04. The molecule has 2 N–H and O–H groups in total. The Kier molecular flexibility index (Phi) is 3.52.